The number of nitrogens with zero attached hydrogens (tertiary/aromatic N) is 2. The van der Waals surface area contributed by atoms with Gasteiger partial charge in [-0.2, -0.15) is 0 Å². The molecule has 1 heterocycles. The van der Waals surface area contributed by atoms with E-state index in [0.29, 0.717) is 19.5 Å². The van der Waals surface area contributed by atoms with E-state index in [1.807, 2.05) is 11.5 Å². The van der Waals surface area contributed by atoms with Gasteiger partial charge in [-0.25, -0.2) is 4.98 Å². The van der Waals surface area contributed by atoms with Crippen molar-refractivity contribution in [3.8, 4) is 0 Å². The highest BCUT2D eigenvalue weighted by Gasteiger charge is 2.16. The van der Waals surface area contributed by atoms with Gasteiger partial charge < -0.3 is 15.0 Å². The molecule has 5 nitrogen and oxygen atoms in total. The van der Waals surface area contributed by atoms with Gasteiger partial charge in [-0.15, -0.1) is 0 Å². The number of halogens is 2. The molecule has 0 radical (unpaired) electrons. The normalized spacial score (nSPS) is 12.7. The number of likely N-dealkylation sites (N-methyl/N-ethyl adjacent to an activating group) is 1. The Bertz CT molecular complexity index is 368. The Balaban J connectivity index is 2.55. The third-order valence-corrected chi connectivity index (χ3v) is 5.09. The zero-order valence-corrected chi connectivity index (χ0v) is 13.1. The molecule has 1 rings (SSSR count). The zero-order valence-electron chi connectivity index (χ0n) is 8.78. The van der Waals surface area contributed by atoms with E-state index in [1.54, 1.807) is 6.33 Å². The summed E-state index contributed by atoms with van der Waals surface area (Å²) in [5.41, 5.74) is 0. The minimum absolute atomic E-state index is 0.485. The number of carboxylic acids is 1. The lowest BCUT2D eigenvalue weighted by Gasteiger charge is -2.13. The average molecular weight is 449 g/mol. The largest absolute Gasteiger partial charge is 0.480 e. The molecule has 0 spiro atoms. The van der Waals surface area contributed by atoms with Crippen LogP contribution >= 0.6 is 45.2 Å². The fourth-order valence-electron chi connectivity index (χ4n) is 1.33. The molecule has 0 saturated carbocycles. The van der Waals surface area contributed by atoms with Crippen molar-refractivity contribution in [3.63, 3.8) is 0 Å². The molecule has 1 aromatic rings. The van der Waals surface area contributed by atoms with Crippen molar-refractivity contribution in [2.45, 2.75) is 25.9 Å². The van der Waals surface area contributed by atoms with Gasteiger partial charge in [0.25, 0.3) is 0 Å². The Morgan fingerprint density at radius 3 is 2.81 bits per heavy atom. The maximum absolute atomic E-state index is 10.9. The van der Waals surface area contributed by atoms with E-state index in [0.717, 1.165) is 7.40 Å². The number of carboxylic acid groups (broad SMARTS) is 1. The molecule has 0 amide bonds. The van der Waals surface area contributed by atoms with E-state index in [1.165, 1.54) is 0 Å². The maximum Gasteiger partial charge on any atom is 0.320 e. The molecule has 1 aromatic heterocycles. The first-order valence-corrected chi connectivity index (χ1v) is 7.04. The quantitative estimate of drug-likeness (QED) is 0.648. The molecule has 1 unspecified atom stereocenters. The molecule has 7 heteroatoms. The molecule has 0 aliphatic heterocycles. The number of aryl methyl sites for hydroxylation is 1. The monoisotopic (exact) mass is 449 g/mol. The minimum Gasteiger partial charge on any atom is -0.480 e. The molecule has 0 aliphatic carbocycles. The van der Waals surface area contributed by atoms with Gasteiger partial charge >= 0.3 is 5.97 Å². The average Bonchev–Trinajstić information content (AvgIpc) is 2.55. The first-order chi connectivity index (χ1) is 7.56. The summed E-state index contributed by atoms with van der Waals surface area (Å²) in [5, 5.41) is 11.9. The Morgan fingerprint density at radius 2 is 2.38 bits per heavy atom. The second-order valence-electron chi connectivity index (χ2n) is 3.26. The maximum atomic E-state index is 10.9. The highest BCUT2D eigenvalue weighted by Crippen LogP contribution is 2.13. The van der Waals surface area contributed by atoms with E-state index in [2.05, 4.69) is 55.5 Å². The summed E-state index contributed by atoms with van der Waals surface area (Å²) < 4.78 is 3.97. The van der Waals surface area contributed by atoms with Gasteiger partial charge in [-0.05, 0) is 58.1 Å². The van der Waals surface area contributed by atoms with Gasteiger partial charge in [-0.3, -0.25) is 4.79 Å². The fraction of sp³-hybridized carbons (Fsp3) is 0.556. The highest BCUT2D eigenvalue weighted by atomic mass is 127. The van der Waals surface area contributed by atoms with Crippen LogP contribution in [0.5, 0.6) is 0 Å². The van der Waals surface area contributed by atoms with Crippen LogP contribution in [0.2, 0.25) is 0 Å². The van der Waals surface area contributed by atoms with Crippen LogP contribution in [0.1, 0.15) is 13.3 Å². The summed E-state index contributed by atoms with van der Waals surface area (Å²) in [7, 11) is 0. The molecule has 16 heavy (non-hydrogen) atoms. The molecular weight excluding hydrogens is 436 g/mol. The van der Waals surface area contributed by atoms with Crippen LogP contribution in [0.4, 0.5) is 0 Å². The van der Waals surface area contributed by atoms with Crippen LogP contribution < -0.4 is 5.32 Å². The zero-order chi connectivity index (χ0) is 12.1. The Labute approximate surface area is 121 Å². The van der Waals surface area contributed by atoms with E-state index < -0.39 is 12.0 Å². The Kier molecular flexibility index (Phi) is 5.97. The van der Waals surface area contributed by atoms with Crippen molar-refractivity contribution < 1.29 is 9.90 Å². The van der Waals surface area contributed by atoms with Crippen LogP contribution in [-0.4, -0.2) is 33.2 Å². The first kappa shape index (κ1) is 14.2. The van der Waals surface area contributed by atoms with Gasteiger partial charge in [0.1, 0.15) is 13.4 Å². The number of carbonyl (C=O) groups is 1. The standard InChI is InChI=1S/C9H13I2N3O2/c1-2-12-6(9(15)16)3-4-14-5-13-7(10)8(14)11/h5-6,12H,2-4H2,1H3,(H,15,16). The van der Waals surface area contributed by atoms with Crippen molar-refractivity contribution >= 4 is 51.2 Å². The Morgan fingerprint density at radius 1 is 1.69 bits per heavy atom. The van der Waals surface area contributed by atoms with Crippen LogP contribution in [0, 0.1) is 7.40 Å². The van der Waals surface area contributed by atoms with Gasteiger partial charge in [-0.1, -0.05) is 6.92 Å². The molecule has 2 N–H and O–H groups in total. The summed E-state index contributed by atoms with van der Waals surface area (Å²) in [4.78, 5) is 15.1. The van der Waals surface area contributed by atoms with E-state index in [-0.39, 0.29) is 0 Å². The summed E-state index contributed by atoms with van der Waals surface area (Å²) in [6.07, 6.45) is 2.31. The number of rotatable bonds is 6. The number of hydrogen-bond acceptors (Lipinski definition) is 3. The third kappa shape index (κ3) is 3.84. The van der Waals surface area contributed by atoms with Crippen molar-refractivity contribution in [3.05, 3.63) is 13.7 Å². The van der Waals surface area contributed by atoms with Crippen molar-refractivity contribution in [1.82, 2.24) is 14.9 Å². The van der Waals surface area contributed by atoms with Gasteiger partial charge in [0.2, 0.25) is 0 Å². The van der Waals surface area contributed by atoms with Gasteiger partial charge in [0.05, 0.1) is 6.33 Å². The molecule has 1 atom stereocenters. The lowest BCUT2D eigenvalue weighted by atomic mass is 10.2. The number of imidazole rings is 1. The summed E-state index contributed by atoms with van der Waals surface area (Å²) in [6.45, 7) is 3.23. The smallest absolute Gasteiger partial charge is 0.320 e. The predicted molar refractivity (Wildman–Crippen MR) is 77.4 cm³/mol. The van der Waals surface area contributed by atoms with Crippen LogP contribution in [0.15, 0.2) is 6.33 Å². The van der Waals surface area contributed by atoms with Crippen LogP contribution in [0.3, 0.4) is 0 Å². The topological polar surface area (TPSA) is 67.2 Å². The molecule has 0 fully saturated rings. The molecule has 0 bridgehead atoms. The lowest BCUT2D eigenvalue weighted by molar-refractivity contribution is -0.139. The lowest BCUT2D eigenvalue weighted by Crippen LogP contribution is -2.37. The molecule has 0 aromatic carbocycles. The summed E-state index contributed by atoms with van der Waals surface area (Å²) in [5.74, 6) is -0.799. The second kappa shape index (κ2) is 6.74. The summed E-state index contributed by atoms with van der Waals surface area (Å²) >= 11 is 4.37. The molecule has 90 valence electrons. The number of hydrogen-bond donors (Lipinski definition) is 2. The van der Waals surface area contributed by atoms with Crippen molar-refractivity contribution in [1.29, 1.82) is 0 Å². The number of nitrogens with one attached hydrogen (secondary N) is 1. The second-order valence-corrected chi connectivity index (χ2v) is 5.30. The van der Waals surface area contributed by atoms with Gasteiger partial charge in [0.15, 0.2) is 0 Å². The fourth-order valence-corrected chi connectivity index (χ4v) is 2.27. The van der Waals surface area contributed by atoms with Crippen LogP contribution in [-0.2, 0) is 11.3 Å². The van der Waals surface area contributed by atoms with Crippen molar-refractivity contribution in [2.75, 3.05) is 6.54 Å². The van der Waals surface area contributed by atoms with Crippen LogP contribution in [0.25, 0.3) is 0 Å². The SMILES string of the molecule is CCNC(CCn1cnc(I)c1I)C(=O)O. The summed E-state index contributed by atoms with van der Waals surface area (Å²) in [6, 6.07) is -0.485. The minimum atomic E-state index is -0.799. The first-order valence-electron chi connectivity index (χ1n) is 4.88. The van der Waals surface area contributed by atoms with E-state index in [9.17, 15) is 4.79 Å². The molecular formula is C9H13I2N3O2. The van der Waals surface area contributed by atoms with Crippen molar-refractivity contribution in [2.24, 2.45) is 0 Å². The number of aliphatic carboxylic acids is 1. The van der Waals surface area contributed by atoms with Gasteiger partial charge in [0, 0.05) is 6.54 Å². The van der Waals surface area contributed by atoms with E-state index >= 15 is 0 Å². The predicted octanol–water partition coefficient (Wildman–Crippen LogP) is 1.55. The Hall–Kier alpha value is 0.1000. The molecule has 0 aliphatic rings. The van der Waals surface area contributed by atoms with E-state index in [4.69, 9.17) is 5.11 Å². The highest BCUT2D eigenvalue weighted by molar-refractivity contribution is 14.1. The third-order valence-electron chi connectivity index (χ3n) is 2.14. The number of aromatic nitrogens is 2. The molecule has 0 saturated heterocycles.